The molecule has 2 unspecified atom stereocenters. The highest BCUT2D eigenvalue weighted by atomic mass is 16.5. The number of fused-ring (bicyclic) bond motifs is 1. The molecule has 7 heteroatoms. The van der Waals surface area contributed by atoms with Crippen molar-refractivity contribution in [3.63, 3.8) is 0 Å². The molecule has 0 aliphatic carbocycles. The second kappa shape index (κ2) is 7.21. The third kappa shape index (κ3) is 3.63. The van der Waals surface area contributed by atoms with Crippen LogP contribution < -0.4 is 0 Å². The van der Waals surface area contributed by atoms with E-state index in [0.29, 0.717) is 19.1 Å². The number of rotatable bonds is 4. The summed E-state index contributed by atoms with van der Waals surface area (Å²) >= 11 is 0. The molecular formula is C17H28N4O3. The molecule has 2 fully saturated rings. The molecule has 1 N–H and O–H groups in total. The van der Waals surface area contributed by atoms with Crippen LogP contribution in [0.25, 0.3) is 0 Å². The normalized spacial score (nSPS) is 27.0. The van der Waals surface area contributed by atoms with Gasteiger partial charge in [0.1, 0.15) is 5.76 Å². The number of hydrogen-bond acceptors (Lipinski definition) is 6. The number of piperazine rings is 1. The van der Waals surface area contributed by atoms with Crippen molar-refractivity contribution in [3.05, 3.63) is 17.0 Å². The van der Waals surface area contributed by atoms with E-state index in [1.807, 2.05) is 13.8 Å². The fraction of sp³-hybridized carbons (Fsp3) is 0.765. The summed E-state index contributed by atoms with van der Waals surface area (Å²) < 4.78 is 5.28. The van der Waals surface area contributed by atoms with Gasteiger partial charge < -0.3 is 14.5 Å². The summed E-state index contributed by atoms with van der Waals surface area (Å²) in [5, 5.41) is 13.5. The van der Waals surface area contributed by atoms with E-state index in [0.717, 1.165) is 50.7 Å². The summed E-state index contributed by atoms with van der Waals surface area (Å²) in [5.74, 6) is -0.0618. The maximum Gasteiger partial charge on any atom is 0.309 e. The molecule has 2 atom stereocenters. The molecule has 7 nitrogen and oxygen atoms in total. The molecular weight excluding hydrogens is 308 g/mol. The first-order valence-electron chi connectivity index (χ1n) is 8.81. The van der Waals surface area contributed by atoms with E-state index >= 15 is 0 Å². The van der Waals surface area contributed by atoms with Gasteiger partial charge in [0.2, 0.25) is 0 Å². The van der Waals surface area contributed by atoms with E-state index in [1.165, 1.54) is 5.56 Å². The number of hydrogen-bond donors (Lipinski definition) is 1. The zero-order valence-corrected chi connectivity index (χ0v) is 14.9. The van der Waals surface area contributed by atoms with E-state index in [-0.39, 0.29) is 5.92 Å². The van der Waals surface area contributed by atoms with Crippen molar-refractivity contribution in [3.8, 4) is 0 Å². The number of nitrogens with zero attached hydrogens (tertiary/aromatic N) is 4. The SMILES string of the molecule is CCN1CC(C(=O)O)CN2CCN(Cc3c(C)noc3C)CC2C1. The molecule has 3 rings (SSSR count). The lowest BCUT2D eigenvalue weighted by molar-refractivity contribution is -0.142. The third-order valence-corrected chi connectivity index (χ3v) is 5.45. The van der Waals surface area contributed by atoms with E-state index in [9.17, 15) is 9.90 Å². The number of aliphatic carboxylic acids is 1. The lowest BCUT2D eigenvalue weighted by Crippen LogP contribution is -2.55. The van der Waals surface area contributed by atoms with Gasteiger partial charge in [0.25, 0.3) is 0 Å². The molecule has 1 aromatic heterocycles. The summed E-state index contributed by atoms with van der Waals surface area (Å²) in [4.78, 5) is 18.6. The fourth-order valence-electron chi connectivity index (χ4n) is 3.91. The molecule has 0 amide bonds. The highest BCUT2D eigenvalue weighted by Gasteiger charge is 2.36. The van der Waals surface area contributed by atoms with Crippen LogP contribution in [-0.4, -0.2) is 82.8 Å². The van der Waals surface area contributed by atoms with E-state index in [2.05, 4.69) is 26.8 Å². The van der Waals surface area contributed by atoms with Crippen molar-refractivity contribution in [2.24, 2.45) is 5.92 Å². The highest BCUT2D eigenvalue weighted by molar-refractivity contribution is 5.70. The molecule has 24 heavy (non-hydrogen) atoms. The lowest BCUT2D eigenvalue weighted by Gasteiger charge is -2.41. The lowest BCUT2D eigenvalue weighted by atomic mass is 10.1. The van der Waals surface area contributed by atoms with Crippen molar-refractivity contribution in [1.29, 1.82) is 0 Å². The summed E-state index contributed by atoms with van der Waals surface area (Å²) in [6.07, 6.45) is 0. The minimum absolute atomic E-state index is 0.288. The molecule has 0 bridgehead atoms. The molecule has 134 valence electrons. The molecule has 0 radical (unpaired) electrons. The van der Waals surface area contributed by atoms with Gasteiger partial charge in [-0.15, -0.1) is 0 Å². The van der Waals surface area contributed by atoms with E-state index < -0.39 is 5.97 Å². The van der Waals surface area contributed by atoms with Gasteiger partial charge in [-0.05, 0) is 20.4 Å². The van der Waals surface area contributed by atoms with Gasteiger partial charge >= 0.3 is 5.97 Å². The van der Waals surface area contributed by atoms with Crippen LogP contribution in [0, 0.1) is 19.8 Å². The first-order valence-corrected chi connectivity index (χ1v) is 8.81. The van der Waals surface area contributed by atoms with E-state index in [4.69, 9.17) is 4.52 Å². The number of carboxylic acids is 1. The topological polar surface area (TPSA) is 73.1 Å². The van der Waals surface area contributed by atoms with Crippen LogP contribution in [0.4, 0.5) is 0 Å². The average Bonchev–Trinajstić information content (AvgIpc) is 2.77. The number of likely N-dealkylation sites (N-methyl/N-ethyl adjacent to an activating group) is 1. The summed E-state index contributed by atoms with van der Waals surface area (Å²) in [7, 11) is 0. The van der Waals surface area contributed by atoms with Crippen LogP contribution >= 0.6 is 0 Å². The van der Waals surface area contributed by atoms with Gasteiger partial charge in [0, 0.05) is 57.4 Å². The van der Waals surface area contributed by atoms with Crippen LogP contribution in [0.15, 0.2) is 4.52 Å². The Bertz CT molecular complexity index is 569. The zero-order chi connectivity index (χ0) is 17.3. The summed E-state index contributed by atoms with van der Waals surface area (Å²) in [5.41, 5.74) is 2.16. The van der Waals surface area contributed by atoms with Gasteiger partial charge in [-0.1, -0.05) is 12.1 Å². The van der Waals surface area contributed by atoms with Gasteiger partial charge in [-0.2, -0.15) is 0 Å². The average molecular weight is 336 g/mol. The van der Waals surface area contributed by atoms with Crippen LogP contribution in [0.3, 0.4) is 0 Å². The largest absolute Gasteiger partial charge is 0.481 e. The Balaban J connectivity index is 1.68. The van der Waals surface area contributed by atoms with Crippen molar-refractivity contribution in [1.82, 2.24) is 19.9 Å². The Morgan fingerprint density at radius 3 is 2.58 bits per heavy atom. The molecule has 0 spiro atoms. The molecule has 3 heterocycles. The Morgan fingerprint density at radius 1 is 1.21 bits per heavy atom. The van der Waals surface area contributed by atoms with Crippen LogP contribution in [0.5, 0.6) is 0 Å². The molecule has 2 aliphatic rings. The number of carbonyl (C=O) groups is 1. The quantitative estimate of drug-likeness (QED) is 0.872. The Morgan fingerprint density at radius 2 is 1.96 bits per heavy atom. The third-order valence-electron chi connectivity index (χ3n) is 5.45. The first kappa shape index (κ1) is 17.4. The van der Waals surface area contributed by atoms with Gasteiger partial charge in [0.05, 0.1) is 11.6 Å². The van der Waals surface area contributed by atoms with Crippen molar-refractivity contribution >= 4 is 5.97 Å². The molecule has 2 saturated heterocycles. The standard InChI is InChI=1S/C17H28N4O3/c1-4-19-7-14(17(22)23)8-21-6-5-20(10-15(21)9-19)11-16-12(2)18-24-13(16)3/h14-15H,4-11H2,1-3H3,(H,22,23). The zero-order valence-electron chi connectivity index (χ0n) is 14.9. The molecule has 0 saturated carbocycles. The number of aryl methyl sites for hydroxylation is 2. The van der Waals surface area contributed by atoms with Crippen LogP contribution in [-0.2, 0) is 11.3 Å². The number of carboxylic acid groups (broad SMARTS) is 1. The smallest absolute Gasteiger partial charge is 0.309 e. The fourth-order valence-corrected chi connectivity index (χ4v) is 3.91. The minimum Gasteiger partial charge on any atom is -0.481 e. The molecule has 0 aromatic carbocycles. The van der Waals surface area contributed by atoms with Crippen LogP contribution in [0.2, 0.25) is 0 Å². The first-order chi connectivity index (χ1) is 11.5. The predicted octanol–water partition coefficient (Wildman–Crippen LogP) is 0.814. The maximum absolute atomic E-state index is 11.5. The van der Waals surface area contributed by atoms with Crippen molar-refractivity contribution in [2.45, 2.75) is 33.4 Å². The summed E-state index contributed by atoms with van der Waals surface area (Å²) in [6.45, 7) is 12.9. The van der Waals surface area contributed by atoms with E-state index in [1.54, 1.807) is 0 Å². The number of aromatic nitrogens is 1. The van der Waals surface area contributed by atoms with Crippen LogP contribution in [0.1, 0.15) is 23.9 Å². The Hall–Kier alpha value is -1.44. The van der Waals surface area contributed by atoms with Crippen molar-refractivity contribution < 1.29 is 14.4 Å². The van der Waals surface area contributed by atoms with Gasteiger partial charge in [-0.25, -0.2) is 0 Å². The predicted molar refractivity (Wildman–Crippen MR) is 89.9 cm³/mol. The molecule has 1 aromatic rings. The Labute approximate surface area is 143 Å². The van der Waals surface area contributed by atoms with Gasteiger partial charge in [0.15, 0.2) is 0 Å². The maximum atomic E-state index is 11.5. The second-order valence-corrected chi connectivity index (χ2v) is 7.07. The minimum atomic E-state index is -0.674. The van der Waals surface area contributed by atoms with Gasteiger partial charge in [-0.3, -0.25) is 14.6 Å². The second-order valence-electron chi connectivity index (χ2n) is 7.07. The Kier molecular flexibility index (Phi) is 5.22. The van der Waals surface area contributed by atoms with Crippen molar-refractivity contribution in [2.75, 3.05) is 45.8 Å². The highest BCUT2D eigenvalue weighted by Crippen LogP contribution is 2.22. The molecule has 2 aliphatic heterocycles. The summed E-state index contributed by atoms with van der Waals surface area (Å²) in [6, 6.07) is 0.392. The monoisotopic (exact) mass is 336 g/mol.